The smallest absolute Gasteiger partial charge is 0.332 e. The van der Waals surface area contributed by atoms with Gasteiger partial charge < -0.3 is 4.42 Å². The normalized spacial score (nSPS) is 11.5. The average Bonchev–Trinajstić information content (AvgIpc) is 3.09. The highest BCUT2D eigenvalue weighted by Gasteiger charge is 2.19. The van der Waals surface area contributed by atoms with Crippen LogP contribution in [0.3, 0.4) is 0 Å². The zero-order chi connectivity index (χ0) is 16.0. The highest BCUT2D eigenvalue weighted by atomic mass is 79.9. The molecule has 116 valence electrons. The minimum Gasteiger partial charge on any atom is -0.423 e. The Morgan fingerprint density at radius 3 is 2.45 bits per heavy atom. The minimum absolute atomic E-state index is 0.201. The molecule has 3 heterocycles. The standard InChI is InChI=1S/C12H13BrN6O3/c1-4-6-15-16-7(22-6)5-19-9-8(14-11(19)13)10(20)18(3)12(21)17(9)2/h4-5H2,1-3H3. The third-order valence-corrected chi connectivity index (χ3v) is 4.00. The van der Waals surface area contributed by atoms with Crippen molar-refractivity contribution in [3.05, 3.63) is 37.4 Å². The average molecular weight is 369 g/mol. The molecule has 0 amide bonds. The number of aryl methyl sites for hydroxylation is 2. The first kappa shape index (κ1) is 14.7. The second-order valence-corrected chi connectivity index (χ2v) is 5.50. The number of imidazole rings is 1. The summed E-state index contributed by atoms with van der Waals surface area (Å²) in [6.07, 6.45) is 0.637. The molecule has 0 N–H and O–H groups in total. The van der Waals surface area contributed by atoms with Crippen LogP contribution in [0.1, 0.15) is 18.7 Å². The molecule has 9 nitrogen and oxygen atoms in total. The van der Waals surface area contributed by atoms with E-state index in [0.29, 0.717) is 28.6 Å². The molecule has 0 aliphatic carbocycles. The lowest BCUT2D eigenvalue weighted by atomic mass is 10.5. The molecular weight excluding hydrogens is 356 g/mol. The van der Waals surface area contributed by atoms with E-state index in [9.17, 15) is 9.59 Å². The van der Waals surface area contributed by atoms with E-state index >= 15 is 0 Å². The van der Waals surface area contributed by atoms with Gasteiger partial charge in [0.1, 0.15) is 6.54 Å². The van der Waals surface area contributed by atoms with Crippen LogP contribution in [0.25, 0.3) is 11.2 Å². The first-order valence-corrected chi connectivity index (χ1v) is 7.36. The number of rotatable bonds is 3. The summed E-state index contributed by atoms with van der Waals surface area (Å²) in [6.45, 7) is 2.12. The molecule has 0 fully saturated rings. The Balaban J connectivity index is 2.24. The molecule has 0 bridgehead atoms. The van der Waals surface area contributed by atoms with Crippen LogP contribution in [0.5, 0.6) is 0 Å². The van der Waals surface area contributed by atoms with Gasteiger partial charge in [-0.2, -0.15) is 0 Å². The van der Waals surface area contributed by atoms with Crippen LogP contribution in [-0.4, -0.2) is 28.9 Å². The summed E-state index contributed by atoms with van der Waals surface area (Å²) in [6, 6.07) is 0. The van der Waals surface area contributed by atoms with Crippen molar-refractivity contribution < 1.29 is 4.42 Å². The van der Waals surface area contributed by atoms with Crippen LogP contribution in [0.2, 0.25) is 0 Å². The summed E-state index contributed by atoms with van der Waals surface area (Å²) in [5.74, 6) is 0.908. The van der Waals surface area contributed by atoms with E-state index in [4.69, 9.17) is 4.42 Å². The molecule has 0 spiro atoms. The van der Waals surface area contributed by atoms with Gasteiger partial charge in [-0.15, -0.1) is 10.2 Å². The Labute approximate surface area is 132 Å². The number of halogens is 1. The highest BCUT2D eigenvalue weighted by Crippen LogP contribution is 2.18. The molecule has 0 atom stereocenters. The quantitative estimate of drug-likeness (QED) is 0.611. The molecule has 10 heteroatoms. The number of hydrogen-bond acceptors (Lipinski definition) is 6. The SMILES string of the molecule is CCc1nnc(Cn2c(Br)nc3c(=O)n(C)c(=O)n(C)c32)o1. The Morgan fingerprint density at radius 1 is 1.14 bits per heavy atom. The molecule has 0 saturated carbocycles. The van der Waals surface area contributed by atoms with Crippen molar-refractivity contribution >= 4 is 27.1 Å². The van der Waals surface area contributed by atoms with Gasteiger partial charge in [0.2, 0.25) is 11.8 Å². The van der Waals surface area contributed by atoms with Gasteiger partial charge in [0.15, 0.2) is 15.9 Å². The van der Waals surface area contributed by atoms with Crippen LogP contribution in [0.4, 0.5) is 0 Å². The maximum atomic E-state index is 12.2. The Kier molecular flexibility index (Phi) is 3.47. The lowest BCUT2D eigenvalue weighted by Gasteiger charge is -2.07. The van der Waals surface area contributed by atoms with Gasteiger partial charge in [-0.3, -0.25) is 18.5 Å². The number of nitrogens with zero attached hydrogens (tertiary/aromatic N) is 6. The molecule has 0 unspecified atom stereocenters. The summed E-state index contributed by atoms with van der Waals surface area (Å²) in [7, 11) is 3.00. The van der Waals surface area contributed by atoms with E-state index in [-0.39, 0.29) is 12.1 Å². The Morgan fingerprint density at radius 2 is 1.82 bits per heavy atom. The number of fused-ring (bicyclic) bond motifs is 1. The maximum Gasteiger partial charge on any atom is 0.332 e. The predicted molar refractivity (Wildman–Crippen MR) is 80.7 cm³/mol. The summed E-state index contributed by atoms with van der Waals surface area (Å²) in [5, 5.41) is 7.84. The van der Waals surface area contributed by atoms with Gasteiger partial charge in [-0.1, -0.05) is 6.92 Å². The molecule has 3 aromatic heterocycles. The van der Waals surface area contributed by atoms with Crippen molar-refractivity contribution in [2.24, 2.45) is 14.1 Å². The first-order valence-electron chi connectivity index (χ1n) is 6.57. The van der Waals surface area contributed by atoms with Gasteiger partial charge in [0.25, 0.3) is 5.56 Å². The van der Waals surface area contributed by atoms with E-state index in [1.165, 1.54) is 11.6 Å². The largest absolute Gasteiger partial charge is 0.423 e. The fourth-order valence-corrected chi connectivity index (χ4v) is 2.70. The van der Waals surface area contributed by atoms with Gasteiger partial charge in [0, 0.05) is 20.5 Å². The van der Waals surface area contributed by atoms with Crippen molar-refractivity contribution in [3.63, 3.8) is 0 Å². The lowest BCUT2D eigenvalue weighted by molar-refractivity contribution is 0.441. The highest BCUT2D eigenvalue weighted by molar-refractivity contribution is 9.10. The lowest BCUT2D eigenvalue weighted by Crippen LogP contribution is -2.37. The van der Waals surface area contributed by atoms with E-state index in [2.05, 4.69) is 31.1 Å². The van der Waals surface area contributed by atoms with Crippen molar-refractivity contribution in [1.82, 2.24) is 28.9 Å². The zero-order valence-corrected chi connectivity index (χ0v) is 13.8. The van der Waals surface area contributed by atoms with Gasteiger partial charge in [0.05, 0.1) is 0 Å². The number of aromatic nitrogens is 6. The topological polar surface area (TPSA) is 101 Å². The third-order valence-electron chi connectivity index (χ3n) is 3.40. The maximum absolute atomic E-state index is 12.2. The second-order valence-electron chi connectivity index (χ2n) is 4.79. The molecule has 0 aliphatic heterocycles. The van der Waals surface area contributed by atoms with Crippen LogP contribution in [0.15, 0.2) is 18.7 Å². The van der Waals surface area contributed by atoms with E-state index < -0.39 is 11.2 Å². The van der Waals surface area contributed by atoms with E-state index in [1.54, 1.807) is 11.6 Å². The molecule has 0 radical (unpaired) electrons. The van der Waals surface area contributed by atoms with Crippen molar-refractivity contribution in [3.8, 4) is 0 Å². The van der Waals surface area contributed by atoms with E-state index in [1.807, 2.05) is 6.92 Å². The zero-order valence-electron chi connectivity index (χ0n) is 12.2. The summed E-state index contributed by atoms with van der Waals surface area (Å²) >= 11 is 3.31. The van der Waals surface area contributed by atoms with Crippen LogP contribution in [-0.2, 0) is 27.1 Å². The Bertz CT molecular complexity index is 979. The summed E-state index contributed by atoms with van der Waals surface area (Å²) < 4.78 is 9.92. The molecule has 0 aromatic carbocycles. The third kappa shape index (κ3) is 2.10. The van der Waals surface area contributed by atoms with Gasteiger partial charge >= 0.3 is 5.69 Å². The fourth-order valence-electron chi connectivity index (χ4n) is 2.23. The second kappa shape index (κ2) is 5.20. The van der Waals surface area contributed by atoms with Crippen molar-refractivity contribution in [1.29, 1.82) is 0 Å². The van der Waals surface area contributed by atoms with Crippen molar-refractivity contribution in [2.45, 2.75) is 19.9 Å². The van der Waals surface area contributed by atoms with Crippen LogP contribution in [0, 0.1) is 0 Å². The monoisotopic (exact) mass is 368 g/mol. The first-order chi connectivity index (χ1) is 10.4. The molecule has 3 rings (SSSR count). The van der Waals surface area contributed by atoms with Gasteiger partial charge in [-0.25, -0.2) is 9.78 Å². The van der Waals surface area contributed by atoms with Crippen molar-refractivity contribution in [2.75, 3.05) is 0 Å². The van der Waals surface area contributed by atoms with Crippen LogP contribution >= 0.6 is 15.9 Å². The fraction of sp³-hybridized carbons (Fsp3) is 0.417. The van der Waals surface area contributed by atoms with Gasteiger partial charge in [-0.05, 0) is 15.9 Å². The number of hydrogen-bond donors (Lipinski definition) is 0. The van der Waals surface area contributed by atoms with E-state index in [0.717, 1.165) is 4.57 Å². The summed E-state index contributed by atoms with van der Waals surface area (Å²) in [5.41, 5.74) is -0.272. The summed E-state index contributed by atoms with van der Waals surface area (Å²) in [4.78, 5) is 28.5. The Hall–Kier alpha value is -2.23. The molecule has 0 saturated heterocycles. The van der Waals surface area contributed by atoms with Crippen LogP contribution < -0.4 is 11.2 Å². The minimum atomic E-state index is -0.447. The molecule has 0 aliphatic rings. The molecule has 22 heavy (non-hydrogen) atoms. The molecular formula is C12H13BrN6O3. The molecule has 3 aromatic rings. The predicted octanol–water partition coefficient (Wildman–Crippen LogP) is 0.190.